The maximum atomic E-state index is 12.6. The summed E-state index contributed by atoms with van der Waals surface area (Å²) in [7, 11) is 1.50. The van der Waals surface area contributed by atoms with Crippen molar-refractivity contribution >= 4 is 22.5 Å². The first-order chi connectivity index (χ1) is 10.1. The Labute approximate surface area is 125 Å². The predicted octanol–water partition coefficient (Wildman–Crippen LogP) is 3.56. The Balaban J connectivity index is 2.31. The van der Waals surface area contributed by atoms with Crippen molar-refractivity contribution < 1.29 is 9.84 Å². The van der Waals surface area contributed by atoms with Crippen LogP contribution in [0.15, 0.2) is 47.4 Å². The molecule has 5 heteroatoms. The number of phenols is 1. The van der Waals surface area contributed by atoms with Crippen molar-refractivity contribution in [3.8, 4) is 22.6 Å². The van der Waals surface area contributed by atoms with E-state index in [9.17, 15) is 9.90 Å². The predicted molar refractivity (Wildman–Crippen MR) is 83.2 cm³/mol. The van der Waals surface area contributed by atoms with Crippen molar-refractivity contribution in [2.45, 2.75) is 0 Å². The number of halogens is 1. The van der Waals surface area contributed by atoms with Crippen LogP contribution in [0.1, 0.15) is 0 Å². The molecule has 2 aromatic carbocycles. The van der Waals surface area contributed by atoms with E-state index in [1.165, 1.54) is 13.2 Å². The fraction of sp³-hybridized carbons (Fsp3) is 0.0625. The normalized spacial score (nSPS) is 10.8. The first-order valence-electron chi connectivity index (χ1n) is 6.28. The Morgan fingerprint density at radius 2 is 2.05 bits per heavy atom. The molecule has 1 aromatic heterocycles. The molecule has 0 saturated carbocycles. The summed E-state index contributed by atoms with van der Waals surface area (Å²) in [5.41, 5.74) is 1.40. The van der Waals surface area contributed by atoms with Gasteiger partial charge in [-0.25, -0.2) is 0 Å². The van der Waals surface area contributed by atoms with Gasteiger partial charge < -0.3 is 14.8 Å². The van der Waals surface area contributed by atoms with Crippen molar-refractivity contribution in [3.63, 3.8) is 0 Å². The molecular formula is C16H12ClNO3. The number of methoxy groups -OCH3 is 1. The number of aromatic hydroxyl groups is 1. The van der Waals surface area contributed by atoms with Gasteiger partial charge in [-0.05, 0) is 17.7 Å². The number of fused-ring (bicyclic) bond motifs is 1. The van der Waals surface area contributed by atoms with Crippen LogP contribution in [0.5, 0.6) is 11.5 Å². The number of ether oxygens (including phenoxy) is 1. The molecule has 3 rings (SSSR count). The summed E-state index contributed by atoms with van der Waals surface area (Å²) < 4.78 is 5.07. The lowest BCUT2D eigenvalue weighted by Gasteiger charge is -2.07. The van der Waals surface area contributed by atoms with E-state index in [-0.39, 0.29) is 16.6 Å². The molecular weight excluding hydrogens is 290 g/mol. The van der Waals surface area contributed by atoms with E-state index in [2.05, 4.69) is 4.98 Å². The van der Waals surface area contributed by atoms with Crippen LogP contribution in [-0.2, 0) is 0 Å². The highest BCUT2D eigenvalue weighted by atomic mass is 35.5. The smallest absolute Gasteiger partial charge is 0.200 e. The van der Waals surface area contributed by atoms with Gasteiger partial charge in [0.2, 0.25) is 5.43 Å². The molecule has 106 valence electrons. The first-order valence-corrected chi connectivity index (χ1v) is 6.66. The van der Waals surface area contributed by atoms with Crippen molar-refractivity contribution in [1.29, 1.82) is 0 Å². The monoisotopic (exact) mass is 301 g/mol. The van der Waals surface area contributed by atoms with E-state index in [0.29, 0.717) is 27.4 Å². The van der Waals surface area contributed by atoms with Gasteiger partial charge in [0.05, 0.1) is 18.0 Å². The number of rotatable bonds is 2. The van der Waals surface area contributed by atoms with Gasteiger partial charge in [-0.1, -0.05) is 23.7 Å². The molecule has 3 aromatic rings. The number of nitrogens with one attached hydrogen (secondary N) is 1. The quantitative estimate of drug-likeness (QED) is 0.760. The Bertz CT molecular complexity index is 886. The maximum absolute atomic E-state index is 12.6. The van der Waals surface area contributed by atoms with Crippen LogP contribution in [-0.4, -0.2) is 17.2 Å². The Kier molecular flexibility index (Phi) is 3.31. The van der Waals surface area contributed by atoms with Crippen molar-refractivity contribution in [2.75, 3.05) is 7.11 Å². The summed E-state index contributed by atoms with van der Waals surface area (Å²) in [6.07, 6.45) is 1.61. The zero-order valence-corrected chi connectivity index (χ0v) is 11.9. The van der Waals surface area contributed by atoms with Gasteiger partial charge in [-0.2, -0.15) is 0 Å². The number of H-pyrrole nitrogens is 1. The topological polar surface area (TPSA) is 62.3 Å². The van der Waals surface area contributed by atoms with E-state index in [1.54, 1.807) is 36.5 Å². The highest BCUT2D eigenvalue weighted by Crippen LogP contribution is 2.29. The van der Waals surface area contributed by atoms with Gasteiger partial charge in [0, 0.05) is 28.9 Å². The largest absolute Gasteiger partial charge is 0.507 e. The Morgan fingerprint density at radius 3 is 2.76 bits per heavy atom. The zero-order chi connectivity index (χ0) is 15.0. The van der Waals surface area contributed by atoms with Gasteiger partial charge in [-0.15, -0.1) is 0 Å². The van der Waals surface area contributed by atoms with Gasteiger partial charge in [0.15, 0.2) is 0 Å². The third kappa shape index (κ3) is 2.34. The van der Waals surface area contributed by atoms with Crippen molar-refractivity contribution in [2.24, 2.45) is 0 Å². The average molecular weight is 302 g/mol. The molecule has 0 aliphatic heterocycles. The molecule has 0 atom stereocenters. The van der Waals surface area contributed by atoms with Crippen molar-refractivity contribution in [1.82, 2.24) is 4.98 Å². The minimum Gasteiger partial charge on any atom is -0.507 e. The summed E-state index contributed by atoms with van der Waals surface area (Å²) >= 11 is 5.96. The molecule has 0 fully saturated rings. The zero-order valence-electron chi connectivity index (χ0n) is 11.2. The standard InChI is InChI=1S/C16H12ClNO3/c1-21-11-6-13-15(14(19)7-11)16(20)12(8-18-13)9-3-2-4-10(17)5-9/h2-8,19H,1H3,(H,18,20). The molecule has 2 N–H and O–H groups in total. The van der Waals surface area contributed by atoms with Gasteiger partial charge in [-0.3, -0.25) is 4.79 Å². The van der Waals surface area contributed by atoms with Crippen LogP contribution in [0.4, 0.5) is 0 Å². The lowest BCUT2D eigenvalue weighted by molar-refractivity contribution is 0.409. The van der Waals surface area contributed by atoms with E-state index in [0.717, 1.165) is 0 Å². The summed E-state index contributed by atoms with van der Waals surface area (Å²) in [4.78, 5) is 15.6. The molecule has 0 saturated heterocycles. The molecule has 0 bridgehead atoms. The van der Waals surface area contributed by atoms with E-state index in [4.69, 9.17) is 16.3 Å². The fourth-order valence-corrected chi connectivity index (χ4v) is 2.48. The SMILES string of the molecule is COc1cc(O)c2c(=O)c(-c3cccc(Cl)c3)c[nH]c2c1. The molecule has 0 radical (unpaired) electrons. The molecule has 0 aliphatic carbocycles. The molecule has 0 unspecified atom stereocenters. The number of pyridine rings is 1. The second-order valence-corrected chi connectivity index (χ2v) is 5.05. The third-order valence-electron chi connectivity index (χ3n) is 3.31. The highest BCUT2D eigenvalue weighted by Gasteiger charge is 2.12. The van der Waals surface area contributed by atoms with E-state index < -0.39 is 0 Å². The van der Waals surface area contributed by atoms with Crippen LogP contribution in [0.2, 0.25) is 5.02 Å². The third-order valence-corrected chi connectivity index (χ3v) is 3.54. The minimum absolute atomic E-state index is 0.116. The first kappa shape index (κ1) is 13.5. The molecule has 4 nitrogen and oxygen atoms in total. The molecule has 21 heavy (non-hydrogen) atoms. The van der Waals surface area contributed by atoms with Crippen LogP contribution in [0, 0.1) is 0 Å². The van der Waals surface area contributed by atoms with Gasteiger partial charge in [0.25, 0.3) is 0 Å². The van der Waals surface area contributed by atoms with E-state index >= 15 is 0 Å². The summed E-state index contributed by atoms with van der Waals surface area (Å²) in [5, 5.41) is 10.8. The number of hydrogen-bond donors (Lipinski definition) is 2. The van der Waals surface area contributed by atoms with Crippen LogP contribution in [0.25, 0.3) is 22.0 Å². The number of hydrogen-bond acceptors (Lipinski definition) is 3. The Morgan fingerprint density at radius 1 is 1.24 bits per heavy atom. The van der Waals surface area contributed by atoms with Crippen LogP contribution < -0.4 is 10.2 Å². The van der Waals surface area contributed by atoms with Gasteiger partial charge in [0.1, 0.15) is 11.5 Å². The summed E-state index contributed by atoms with van der Waals surface area (Å²) in [5.74, 6) is 0.362. The maximum Gasteiger partial charge on any atom is 0.200 e. The Hall–Kier alpha value is -2.46. The lowest BCUT2D eigenvalue weighted by Crippen LogP contribution is -2.06. The van der Waals surface area contributed by atoms with E-state index in [1.807, 2.05) is 0 Å². The molecule has 0 aliphatic rings. The van der Waals surface area contributed by atoms with Crippen molar-refractivity contribution in [3.05, 3.63) is 57.8 Å². The summed E-state index contributed by atoms with van der Waals surface area (Å²) in [6.45, 7) is 0. The minimum atomic E-state index is -0.258. The van der Waals surface area contributed by atoms with Crippen LogP contribution in [0.3, 0.4) is 0 Å². The molecule has 0 amide bonds. The van der Waals surface area contributed by atoms with Crippen LogP contribution >= 0.6 is 11.6 Å². The number of phenolic OH excluding ortho intramolecular Hbond substituents is 1. The number of benzene rings is 2. The van der Waals surface area contributed by atoms with Gasteiger partial charge >= 0.3 is 0 Å². The fourth-order valence-electron chi connectivity index (χ4n) is 2.29. The second-order valence-electron chi connectivity index (χ2n) is 4.61. The molecule has 1 heterocycles. The second kappa shape index (κ2) is 5.14. The number of aromatic nitrogens is 1. The average Bonchev–Trinajstić information content (AvgIpc) is 2.47. The highest BCUT2D eigenvalue weighted by molar-refractivity contribution is 6.30. The number of aromatic amines is 1. The summed E-state index contributed by atoms with van der Waals surface area (Å²) in [6, 6.07) is 10.1. The lowest BCUT2D eigenvalue weighted by atomic mass is 10.0. The molecule has 0 spiro atoms.